The number of hydrogen-bond donors (Lipinski definition) is 1. The van der Waals surface area contributed by atoms with Crippen LogP contribution < -0.4 is 10.2 Å². The van der Waals surface area contributed by atoms with Crippen LogP contribution in [0.4, 0.5) is 11.5 Å². The summed E-state index contributed by atoms with van der Waals surface area (Å²) in [6.07, 6.45) is 2.85. The monoisotopic (exact) mass is 323 g/mol. The Kier molecular flexibility index (Phi) is 4.60. The molecule has 3 rings (SSSR count). The van der Waals surface area contributed by atoms with Gasteiger partial charge in [0.05, 0.1) is 5.92 Å². The highest BCUT2D eigenvalue weighted by Crippen LogP contribution is 2.26. The van der Waals surface area contributed by atoms with Gasteiger partial charge in [-0.25, -0.2) is 4.98 Å². The Morgan fingerprint density at radius 3 is 2.71 bits per heavy atom. The summed E-state index contributed by atoms with van der Waals surface area (Å²) in [5, 5.41) is 2.81. The highest BCUT2D eigenvalue weighted by molar-refractivity contribution is 6.03. The van der Waals surface area contributed by atoms with Crippen molar-refractivity contribution >= 4 is 23.3 Å². The zero-order valence-electron chi connectivity index (χ0n) is 14.0. The maximum atomic E-state index is 12.4. The number of hydrogen-bond acceptors (Lipinski definition) is 3. The molecule has 0 saturated carbocycles. The topological polar surface area (TPSA) is 62.3 Å². The average Bonchev–Trinajstić information content (AvgIpc) is 2.97. The first-order chi connectivity index (χ1) is 11.6. The van der Waals surface area contributed by atoms with Gasteiger partial charge < -0.3 is 10.2 Å². The minimum Gasteiger partial charge on any atom is -0.312 e. The van der Waals surface area contributed by atoms with E-state index in [4.69, 9.17) is 0 Å². The van der Waals surface area contributed by atoms with E-state index in [9.17, 15) is 9.59 Å². The molecule has 1 saturated heterocycles. The van der Waals surface area contributed by atoms with Crippen molar-refractivity contribution in [2.75, 3.05) is 16.8 Å². The van der Waals surface area contributed by atoms with Gasteiger partial charge in [0.25, 0.3) is 0 Å². The fourth-order valence-electron chi connectivity index (χ4n) is 2.88. The number of aryl methyl sites for hydroxylation is 2. The van der Waals surface area contributed by atoms with Gasteiger partial charge in [-0.05, 0) is 48.7 Å². The summed E-state index contributed by atoms with van der Waals surface area (Å²) in [6.45, 7) is 4.44. The average molecular weight is 323 g/mol. The third-order valence-corrected chi connectivity index (χ3v) is 4.32. The molecule has 1 aliphatic rings. The van der Waals surface area contributed by atoms with Crippen molar-refractivity contribution in [3.8, 4) is 0 Å². The van der Waals surface area contributed by atoms with Crippen molar-refractivity contribution in [1.82, 2.24) is 4.98 Å². The number of nitrogens with one attached hydrogen (secondary N) is 1. The van der Waals surface area contributed by atoms with Crippen LogP contribution in [0.15, 0.2) is 42.6 Å². The fraction of sp³-hybridized carbons (Fsp3) is 0.316. The van der Waals surface area contributed by atoms with E-state index in [1.54, 1.807) is 11.1 Å². The second-order valence-electron chi connectivity index (χ2n) is 6.13. The molecule has 2 heterocycles. The van der Waals surface area contributed by atoms with E-state index in [1.165, 1.54) is 5.56 Å². The van der Waals surface area contributed by atoms with Crippen LogP contribution >= 0.6 is 0 Å². The largest absolute Gasteiger partial charge is 0.312 e. The smallest absolute Gasteiger partial charge is 0.230 e. The molecule has 24 heavy (non-hydrogen) atoms. The summed E-state index contributed by atoms with van der Waals surface area (Å²) in [6, 6.07) is 11.6. The van der Waals surface area contributed by atoms with Gasteiger partial charge in [-0.1, -0.05) is 19.1 Å². The number of aromatic nitrogens is 1. The van der Waals surface area contributed by atoms with Crippen LogP contribution in [0.1, 0.15) is 24.5 Å². The summed E-state index contributed by atoms with van der Waals surface area (Å²) >= 11 is 0. The molecule has 1 aromatic heterocycles. The Morgan fingerprint density at radius 1 is 1.29 bits per heavy atom. The summed E-state index contributed by atoms with van der Waals surface area (Å²) < 4.78 is 0. The van der Waals surface area contributed by atoms with E-state index in [0.717, 1.165) is 17.7 Å². The highest BCUT2D eigenvalue weighted by atomic mass is 16.2. The number of anilines is 2. The van der Waals surface area contributed by atoms with Crippen molar-refractivity contribution in [2.24, 2.45) is 5.92 Å². The molecule has 1 atom stereocenters. The van der Waals surface area contributed by atoms with Crippen LogP contribution in [-0.2, 0) is 16.0 Å². The first-order valence-corrected chi connectivity index (χ1v) is 8.19. The van der Waals surface area contributed by atoms with Crippen LogP contribution in [0.3, 0.4) is 0 Å². The Morgan fingerprint density at radius 2 is 2.04 bits per heavy atom. The number of pyridine rings is 1. The van der Waals surface area contributed by atoms with Gasteiger partial charge in [-0.15, -0.1) is 0 Å². The van der Waals surface area contributed by atoms with Gasteiger partial charge in [0.2, 0.25) is 11.8 Å². The van der Waals surface area contributed by atoms with Gasteiger partial charge in [0.15, 0.2) is 0 Å². The predicted octanol–water partition coefficient (Wildman–Crippen LogP) is 2.94. The number of benzene rings is 1. The Balaban J connectivity index is 1.68. The van der Waals surface area contributed by atoms with Crippen LogP contribution in [0.5, 0.6) is 0 Å². The fourth-order valence-corrected chi connectivity index (χ4v) is 2.88. The number of amides is 2. The molecule has 124 valence electrons. The number of nitrogens with zero attached hydrogens (tertiary/aromatic N) is 2. The zero-order chi connectivity index (χ0) is 17.1. The first kappa shape index (κ1) is 16.2. The third-order valence-electron chi connectivity index (χ3n) is 4.32. The lowest BCUT2D eigenvalue weighted by molar-refractivity contribution is -0.122. The molecule has 2 aromatic rings. The third kappa shape index (κ3) is 3.45. The quantitative estimate of drug-likeness (QED) is 0.941. The van der Waals surface area contributed by atoms with E-state index in [2.05, 4.69) is 17.2 Å². The van der Waals surface area contributed by atoms with Crippen LogP contribution in [0.2, 0.25) is 0 Å². The second-order valence-corrected chi connectivity index (χ2v) is 6.13. The summed E-state index contributed by atoms with van der Waals surface area (Å²) in [5.41, 5.74) is 3.10. The molecule has 0 aliphatic carbocycles. The van der Waals surface area contributed by atoms with Crippen LogP contribution in [0.25, 0.3) is 0 Å². The summed E-state index contributed by atoms with van der Waals surface area (Å²) in [4.78, 5) is 30.5. The molecule has 0 unspecified atom stereocenters. The van der Waals surface area contributed by atoms with E-state index >= 15 is 0 Å². The van der Waals surface area contributed by atoms with Crippen molar-refractivity contribution in [3.63, 3.8) is 0 Å². The second kappa shape index (κ2) is 6.83. The molecule has 1 aliphatic heterocycles. The lowest BCUT2D eigenvalue weighted by atomic mass is 10.1. The first-order valence-electron chi connectivity index (χ1n) is 8.19. The normalized spacial score (nSPS) is 17.2. The summed E-state index contributed by atoms with van der Waals surface area (Å²) in [7, 11) is 0. The Labute approximate surface area is 141 Å². The van der Waals surface area contributed by atoms with E-state index < -0.39 is 0 Å². The van der Waals surface area contributed by atoms with Gasteiger partial charge in [-0.3, -0.25) is 9.59 Å². The molecular formula is C19H21N3O2. The van der Waals surface area contributed by atoms with Gasteiger partial charge in [-0.2, -0.15) is 0 Å². The van der Waals surface area contributed by atoms with Crippen LogP contribution in [-0.4, -0.2) is 23.3 Å². The summed E-state index contributed by atoms with van der Waals surface area (Å²) in [5.74, 6) is -0.00501. The Hall–Kier alpha value is -2.69. The molecule has 5 nitrogen and oxygen atoms in total. The highest BCUT2D eigenvalue weighted by Gasteiger charge is 2.35. The zero-order valence-corrected chi connectivity index (χ0v) is 14.0. The minimum absolute atomic E-state index is 0.0170. The number of rotatable bonds is 4. The molecule has 1 aromatic carbocycles. The molecule has 1 fully saturated rings. The van der Waals surface area contributed by atoms with Gasteiger partial charge >= 0.3 is 0 Å². The SMILES string of the molecule is CCc1ccc(N2C[C@@H](C(=O)Nc3cc(C)ccn3)CC2=O)cc1. The van der Waals surface area contributed by atoms with Crippen molar-refractivity contribution in [3.05, 3.63) is 53.7 Å². The van der Waals surface area contributed by atoms with E-state index in [-0.39, 0.29) is 24.2 Å². The van der Waals surface area contributed by atoms with Crippen molar-refractivity contribution in [1.29, 1.82) is 0 Å². The standard InChI is InChI=1S/C19H21N3O2/c1-3-14-4-6-16(7-5-14)22-12-15(11-18(22)23)19(24)21-17-10-13(2)8-9-20-17/h4-10,15H,3,11-12H2,1-2H3,(H,20,21,24)/t15-/m0/s1. The van der Waals surface area contributed by atoms with Gasteiger partial charge in [0, 0.05) is 24.8 Å². The lowest BCUT2D eigenvalue weighted by Gasteiger charge is -2.17. The van der Waals surface area contributed by atoms with E-state index in [0.29, 0.717) is 12.4 Å². The number of carbonyl (C=O) groups excluding carboxylic acids is 2. The van der Waals surface area contributed by atoms with Crippen LogP contribution in [0, 0.1) is 12.8 Å². The maximum Gasteiger partial charge on any atom is 0.230 e. The molecule has 0 spiro atoms. The molecule has 2 amide bonds. The molecular weight excluding hydrogens is 302 g/mol. The van der Waals surface area contributed by atoms with E-state index in [1.807, 2.05) is 43.3 Å². The number of carbonyl (C=O) groups is 2. The van der Waals surface area contributed by atoms with Crippen molar-refractivity contribution in [2.45, 2.75) is 26.7 Å². The predicted molar refractivity (Wildman–Crippen MR) is 93.9 cm³/mol. The maximum absolute atomic E-state index is 12.4. The van der Waals surface area contributed by atoms with Crippen molar-refractivity contribution < 1.29 is 9.59 Å². The molecule has 0 bridgehead atoms. The molecule has 1 N–H and O–H groups in total. The minimum atomic E-state index is -0.356. The Bertz CT molecular complexity index is 755. The lowest BCUT2D eigenvalue weighted by Crippen LogP contribution is -2.28. The molecule has 5 heteroatoms. The molecule has 0 radical (unpaired) electrons. The van der Waals surface area contributed by atoms with Gasteiger partial charge in [0.1, 0.15) is 5.82 Å².